The summed E-state index contributed by atoms with van der Waals surface area (Å²) in [5.74, 6) is -0.950. The number of carbonyl (C=O) groups is 2. The van der Waals surface area contributed by atoms with Gasteiger partial charge in [0, 0.05) is 25.7 Å². The van der Waals surface area contributed by atoms with Gasteiger partial charge >= 0.3 is 5.97 Å². The number of hydrogen-bond donors (Lipinski definition) is 2. The van der Waals surface area contributed by atoms with E-state index in [1.54, 1.807) is 18.7 Å². The van der Waals surface area contributed by atoms with Crippen LogP contribution >= 0.6 is 0 Å². The molecule has 1 aromatic heterocycles. The molecule has 6 heteroatoms. The third-order valence-electron chi connectivity index (χ3n) is 2.84. The van der Waals surface area contributed by atoms with Crippen molar-refractivity contribution in [3.8, 4) is 0 Å². The average molecular weight is 253 g/mol. The largest absolute Gasteiger partial charge is 0.481 e. The molecule has 0 aliphatic carbocycles. The number of aliphatic carboxylic acids is 1. The smallest absolute Gasteiger partial charge is 0.303 e. The van der Waals surface area contributed by atoms with Crippen molar-refractivity contribution in [2.75, 3.05) is 6.54 Å². The summed E-state index contributed by atoms with van der Waals surface area (Å²) in [7, 11) is 1.80. The summed E-state index contributed by atoms with van der Waals surface area (Å²) in [6.07, 6.45) is 1.37. The maximum atomic E-state index is 11.9. The van der Waals surface area contributed by atoms with Crippen molar-refractivity contribution in [3.63, 3.8) is 0 Å². The first kappa shape index (κ1) is 14.2. The molecule has 2 N–H and O–H groups in total. The SMILES string of the molecule is Cc1nn(C)c(C)c1C(=O)NCCCCC(=O)O. The lowest BCUT2D eigenvalue weighted by atomic mass is 10.2. The molecule has 0 aromatic carbocycles. The molecule has 18 heavy (non-hydrogen) atoms. The monoisotopic (exact) mass is 253 g/mol. The van der Waals surface area contributed by atoms with E-state index in [0.717, 1.165) is 5.69 Å². The van der Waals surface area contributed by atoms with Crippen molar-refractivity contribution in [2.24, 2.45) is 7.05 Å². The summed E-state index contributed by atoms with van der Waals surface area (Å²) in [4.78, 5) is 22.2. The van der Waals surface area contributed by atoms with Crippen molar-refractivity contribution in [1.82, 2.24) is 15.1 Å². The van der Waals surface area contributed by atoms with Crippen LogP contribution in [0, 0.1) is 13.8 Å². The number of hydrogen-bond acceptors (Lipinski definition) is 3. The molecule has 0 unspecified atom stereocenters. The Balaban J connectivity index is 2.44. The second-order valence-corrected chi connectivity index (χ2v) is 4.28. The van der Waals surface area contributed by atoms with Crippen LogP contribution in [-0.2, 0) is 11.8 Å². The van der Waals surface area contributed by atoms with Crippen molar-refractivity contribution >= 4 is 11.9 Å². The first-order valence-corrected chi connectivity index (χ1v) is 5.93. The van der Waals surface area contributed by atoms with Crippen molar-refractivity contribution in [2.45, 2.75) is 33.1 Å². The van der Waals surface area contributed by atoms with E-state index in [9.17, 15) is 9.59 Å². The van der Waals surface area contributed by atoms with Crippen LogP contribution in [-0.4, -0.2) is 33.3 Å². The zero-order chi connectivity index (χ0) is 13.7. The van der Waals surface area contributed by atoms with E-state index in [2.05, 4.69) is 10.4 Å². The molecule has 0 saturated carbocycles. The first-order chi connectivity index (χ1) is 8.43. The number of unbranched alkanes of at least 4 members (excludes halogenated alkanes) is 1. The van der Waals surface area contributed by atoms with Crippen LogP contribution in [0.1, 0.15) is 41.0 Å². The Bertz CT molecular complexity index is 452. The van der Waals surface area contributed by atoms with E-state index in [1.807, 2.05) is 6.92 Å². The molecule has 1 aromatic rings. The summed E-state index contributed by atoms with van der Waals surface area (Å²) in [5, 5.41) is 15.4. The molecule has 1 amide bonds. The molecule has 0 bridgehead atoms. The van der Waals surface area contributed by atoms with Gasteiger partial charge in [-0.1, -0.05) is 0 Å². The number of nitrogens with zero attached hydrogens (tertiary/aromatic N) is 2. The highest BCUT2D eigenvalue weighted by Crippen LogP contribution is 2.11. The quantitative estimate of drug-likeness (QED) is 0.741. The molecular weight excluding hydrogens is 234 g/mol. The molecule has 1 heterocycles. The third kappa shape index (κ3) is 3.58. The highest BCUT2D eigenvalue weighted by molar-refractivity contribution is 5.96. The van der Waals surface area contributed by atoms with Crippen LogP contribution in [0.15, 0.2) is 0 Å². The number of amides is 1. The van der Waals surface area contributed by atoms with Gasteiger partial charge in [-0.25, -0.2) is 0 Å². The van der Waals surface area contributed by atoms with Gasteiger partial charge < -0.3 is 10.4 Å². The minimum atomic E-state index is -0.805. The van der Waals surface area contributed by atoms with Crippen LogP contribution in [0.4, 0.5) is 0 Å². The van der Waals surface area contributed by atoms with E-state index in [1.165, 1.54) is 0 Å². The number of carbonyl (C=O) groups excluding carboxylic acids is 1. The van der Waals surface area contributed by atoms with Gasteiger partial charge in [-0.2, -0.15) is 5.10 Å². The van der Waals surface area contributed by atoms with Crippen LogP contribution in [0.2, 0.25) is 0 Å². The normalized spacial score (nSPS) is 10.4. The van der Waals surface area contributed by atoms with Gasteiger partial charge in [-0.3, -0.25) is 14.3 Å². The number of aryl methyl sites for hydroxylation is 2. The lowest BCUT2D eigenvalue weighted by Gasteiger charge is -2.05. The van der Waals surface area contributed by atoms with E-state index < -0.39 is 5.97 Å². The predicted molar refractivity (Wildman–Crippen MR) is 66.5 cm³/mol. The zero-order valence-electron chi connectivity index (χ0n) is 11.0. The Hall–Kier alpha value is -1.85. The van der Waals surface area contributed by atoms with Gasteiger partial charge in [0.15, 0.2) is 0 Å². The third-order valence-corrected chi connectivity index (χ3v) is 2.84. The van der Waals surface area contributed by atoms with Crippen molar-refractivity contribution in [3.05, 3.63) is 17.0 Å². The van der Waals surface area contributed by atoms with Crippen molar-refractivity contribution < 1.29 is 14.7 Å². The minimum absolute atomic E-state index is 0.140. The van der Waals surface area contributed by atoms with Crippen LogP contribution in [0.5, 0.6) is 0 Å². The molecule has 0 spiro atoms. The molecule has 0 radical (unpaired) electrons. The second kappa shape index (κ2) is 6.18. The van der Waals surface area contributed by atoms with Gasteiger partial charge in [0.05, 0.1) is 11.3 Å². The van der Waals surface area contributed by atoms with Crippen LogP contribution in [0.3, 0.4) is 0 Å². The maximum absolute atomic E-state index is 11.9. The van der Waals surface area contributed by atoms with Gasteiger partial charge in [0.25, 0.3) is 5.91 Å². The van der Waals surface area contributed by atoms with Crippen LogP contribution < -0.4 is 5.32 Å². The fraction of sp³-hybridized carbons (Fsp3) is 0.583. The predicted octanol–water partition coefficient (Wildman–Crippen LogP) is 1.02. The molecule has 100 valence electrons. The summed E-state index contributed by atoms with van der Waals surface area (Å²) in [5.41, 5.74) is 2.14. The topological polar surface area (TPSA) is 84.2 Å². The van der Waals surface area contributed by atoms with Gasteiger partial charge in [0.1, 0.15) is 0 Å². The number of rotatable bonds is 6. The molecule has 0 fully saturated rings. The lowest BCUT2D eigenvalue weighted by molar-refractivity contribution is -0.137. The number of carboxylic acid groups (broad SMARTS) is 1. The lowest BCUT2D eigenvalue weighted by Crippen LogP contribution is -2.25. The van der Waals surface area contributed by atoms with E-state index >= 15 is 0 Å². The molecular formula is C12H19N3O3. The van der Waals surface area contributed by atoms with Crippen molar-refractivity contribution in [1.29, 1.82) is 0 Å². The Morgan fingerprint density at radius 2 is 2.00 bits per heavy atom. The number of nitrogens with one attached hydrogen (secondary N) is 1. The first-order valence-electron chi connectivity index (χ1n) is 5.93. The molecule has 0 atom stereocenters. The average Bonchev–Trinajstić information content (AvgIpc) is 2.52. The summed E-state index contributed by atoms with van der Waals surface area (Å²) < 4.78 is 1.68. The molecule has 0 aliphatic rings. The maximum Gasteiger partial charge on any atom is 0.303 e. The Labute approximate surface area is 106 Å². The second-order valence-electron chi connectivity index (χ2n) is 4.28. The summed E-state index contributed by atoms with van der Waals surface area (Å²) >= 11 is 0. The molecule has 1 rings (SSSR count). The highest BCUT2D eigenvalue weighted by Gasteiger charge is 2.16. The standard InChI is InChI=1S/C12H19N3O3/c1-8-11(9(2)15(3)14-8)12(18)13-7-5-4-6-10(16)17/h4-7H2,1-3H3,(H,13,18)(H,16,17). The summed E-state index contributed by atoms with van der Waals surface area (Å²) in [6, 6.07) is 0. The Morgan fingerprint density at radius 1 is 1.33 bits per heavy atom. The molecule has 6 nitrogen and oxygen atoms in total. The zero-order valence-corrected chi connectivity index (χ0v) is 11.0. The van der Waals surface area contributed by atoms with Gasteiger partial charge in [0.2, 0.25) is 0 Å². The fourth-order valence-electron chi connectivity index (χ4n) is 1.79. The Morgan fingerprint density at radius 3 is 2.50 bits per heavy atom. The molecule has 0 aliphatic heterocycles. The highest BCUT2D eigenvalue weighted by atomic mass is 16.4. The van der Waals surface area contributed by atoms with E-state index in [4.69, 9.17) is 5.11 Å². The minimum Gasteiger partial charge on any atom is -0.481 e. The number of aromatic nitrogens is 2. The van der Waals surface area contributed by atoms with Crippen LogP contribution in [0.25, 0.3) is 0 Å². The van der Waals surface area contributed by atoms with E-state index in [0.29, 0.717) is 30.6 Å². The van der Waals surface area contributed by atoms with E-state index in [-0.39, 0.29) is 12.3 Å². The van der Waals surface area contributed by atoms with Gasteiger partial charge in [-0.05, 0) is 26.7 Å². The van der Waals surface area contributed by atoms with Gasteiger partial charge in [-0.15, -0.1) is 0 Å². The molecule has 0 saturated heterocycles. The number of carboxylic acids is 1. The Kier molecular flexibility index (Phi) is 4.88. The fourth-order valence-corrected chi connectivity index (χ4v) is 1.79. The summed E-state index contributed by atoms with van der Waals surface area (Å²) in [6.45, 7) is 4.13.